The maximum absolute atomic E-state index is 14.8. The fourth-order valence-corrected chi connectivity index (χ4v) is 6.20. The average Bonchev–Trinajstić information content (AvgIpc) is 3.62. The van der Waals surface area contributed by atoms with E-state index in [1.54, 1.807) is 31.3 Å². The molecule has 2 aliphatic rings. The highest BCUT2D eigenvalue weighted by molar-refractivity contribution is 5.74. The number of nitrogens with two attached hydrogens (primary N) is 1. The molecule has 6 rings (SSSR count). The van der Waals surface area contributed by atoms with Crippen LogP contribution in [0.2, 0.25) is 0 Å². The second kappa shape index (κ2) is 11.7. The Hall–Kier alpha value is -4.65. The van der Waals surface area contributed by atoms with E-state index in [-0.39, 0.29) is 28.5 Å². The van der Waals surface area contributed by atoms with Crippen LogP contribution in [0.1, 0.15) is 42.2 Å². The van der Waals surface area contributed by atoms with Gasteiger partial charge in [0.25, 0.3) is 0 Å². The van der Waals surface area contributed by atoms with Gasteiger partial charge in [0.15, 0.2) is 0 Å². The number of anilines is 2. The molecule has 0 saturated carbocycles. The summed E-state index contributed by atoms with van der Waals surface area (Å²) in [6.45, 7) is 5.41. The van der Waals surface area contributed by atoms with Crippen LogP contribution in [0.3, 0.4) is 0 Å². The number of hydrogen-bond acceptors (Lipinski definition) is 8. The number of carboxylic acid groups (broad SMARTS) is 1. The second-order valence-electron chi connectivity index (χ2n) is 12.0. The Morgan fingerprint density at radius 1 is 1.07 bits per heavy atom. The highest BCUT2D eigenvalue weighted by atomic mass is 19.4. The minimum atomic E-state index is -4.81. The Labute approximate surface area is 258 Å². The van der Waals surface area contributed by atoms with Crippen LogP contribution in [-0.2, 0) is 4.79 Å². The lowest BCUT2D eigenvalue weighted by molar-refractivity contribution is -0.198. The zero-order valence-electron chi connectivity index (χ0n) is 24.9. The van der Waals surface area contributed by atoms with E-state index < -0.39 is 24.3 Å². The Balaban J connectivity index is 1.30. The molecule has 0 amide bonds. The van der Waals surface area contributed by atoms with Crippen molar-refractivity contribution in [1.29, 1.82) is 0 Å². The maximum atomic E-state index is 14.8. The number of hydrogen-bond donors (Lipinski definition) is 3. The van der Waals surface area contributed by atoms with Gasteiger partial charge in [-0.05, 0) is 61.8 Å². The molecule has 2 saturated heterocycles. The standard InChI is InChI=1S/C32H34F3N7O3/c1-19-3-5-21(6-4-19)22-7-8-23(25(15-22)42-12-9-20(2)40-42)28(32(33,34)35)45-27-16-26(38-30(36)39-27)41-13-10-31(11-14-41)17-24(29(43)44)37-18-31/h3-9,12,15-16,24,28,37H,10-11,13-14,17-18H2,1-2H3,(H,43,44)(H2,36,38,39)/t24?,28-/m1/s1. The van der Waals surface area contributed by atoms with Gasteiger partial charge in [0.1, 0.15) is 11.9 Å². The maximum Gasteiger partial charge on any atom is 0.429 e. The van der Waals surface area contributed by atoms with Crippen LogP contribution in [0.5, 0.6) is 5.88 Å². The summed E-state index contributed by atoms with van der Waals surface area (Å²) in [5.41, 5.74) is 9.21. The molecular formula is C32H34F3N7O3. The predicted octanol–water partition coefficient (Wildman–Crippen LogP) is 5.24. The summed E-state index contributed by atoms with van der Waals surface area (Å²) in [5, 5.41) is 16.9. The van der Waals surface area contributed by atoms with Crippen LogP contribution in [0.25, 0.3) is 16.8 Å². The molecule has 45 heavy (non-hydrogen) atoms. The number of aromatic nitrogens is 4. The summed E-state index contributed by atoms with van der Waals surface area (Å²) >= 11 is 0. The molecule has 13 heteroatoms. The summed E-state index contributed by atoms with van der Waals surface area (Å²) in [6.07, 6.45) is -3.64. The first-order valence-electron chi connectivity index (χ1n) is 14.7. The van der Waals surface area contributed by atoms with Crippen molar-refractivity contribution >= 4 is 17.7 Å². The summed E-state index contributed by atoms with van der Waals surface area (Å²) < 4.78 is 51.4. The Bertz CT molecular complexity index is 1700. The molecule has 236 valence electrons. The van der Waals surface area contributed by atoms with Crippen molar-refractivity contribution < 1.29 is 27.8 Å². The first kappa shape index (κ1) is 30.4. The largest absolute Gasteiger partial charge is 0.480 e. The number of aliphatic carboxylic acids is 1. The highest BCUT2D eigenvalue weighted by Gasteiger charge is 2.46. The predicted molar refractivity (Wildman–Crippen MR) is 162 cm³/mol. The summed E-state index contributed by atoms with van der Waals surface area (Å²) in [7, 11) is 0. The fraction of sp³-hybridized carbons (Fsp3) is 0.375. The number of carboxylic acids is 1. The van der Waals surface area contributed by atoms with Crippen molar-refractivity contribution in [3.05, 3.63) is 77.6 Å². The van der Waals surface area contributed by atoms with Gasteiger partial charge in [0.2, 0.25) is 17.9 Å². The molecule has 1 spiro atoms. The number of nitrogens with one attached hydrogen (secondary N) is 1. The van der Waals surface area contributed by atoms with Gasteiger partial charge in [0, 0.05) is 37.5 Å². The molecule has 4 N–H and O–H groups in total. The molecule has 2 fully saturated rings. The van der Waals surface area contributed by atoms with Crippen LogP contribution in [0.4, 0.5) is 24.9 Å². The molecule has 0 radical (unpaired) electrons. The number of ether oxygens (including phenoxy) is 1. The molecule has 0 aliphatic carbocycles. The van der Waals surface area contributed by atoms with Gasteiger partial charge in [-0.3, -0.25) is 4.79 Å². The van der Waals surface area contributed by atoms with Crippen molar-refractivity contribution in [1.82, 2.24) is 25.1 Å². The van der Waals surface area contributed by atoms with Crippen LogP contribution in [-0.4, -0.2) is 62.7 Å². The number of alkyl halides is 3. The highest BCUT2D eigenvalue weighted by Crippen LogP contribution is 2.42. The third-order valence-corrected chi connectivity index (χ3v) is 8.72. The van der Waals surface area contributed by atoms with Crippen molar-refractivity contribution in [2.75, 3.05) is 30.3 Å². The third kappa shape index (κ3) is 6.44. The van der Waals surface area contributed by atoms with Crippen LogP contribution >= 0.6 is 0 Å². The number of benzene rings is 2. The molecule has 2 aromatic heterocycles. The van der Waals surface area contributed by atoms with Gasteiger partial charge >= 0.3 is 12.1 Å². The van der Waals surface area contributed by atoms with E-state index in [1.165, 1.54) is 16.8 Å². The fourth-order valence-electron chi connectivity index (χ4n) is 6.20. The molecular weight excluding hydrogens is 587 g/mol. The van der Waals surface area contributed by atoms with Crippen molar-refractivity contribution in [2.45, 2.75) is 51.4 Å². The zero-order valence-corrected chi connectivity index (χ0v) is 24.9. The van der Waals surface area contributed by atoms with Crippen LogP contribution in [0.15, 0.2) is 60.8 Å². The van der Waals surface area contributed by atoms with Crippen molar-refractivity contribution in [3.8, 4) is 22.7 Å². The minimum absolute atomic E-state index is 0.137. The van der Waals surface area contributed by atoms with E-state index in [2.05, 4.69) is 20.4 Å². The number of halogens is 3. The number of rotatable bonds is 7. The number of nitrogen functional groups attached to an aromatic ring is 1. The van der Waals surface area contributed by atoms with Gasteiger partial charge in [-0.1, -0.05) is 42.0 Å². The van der Waals surface area contributed by atoms with Gasteiger partial charge < -0.3 is 25.8 Å². The smallest absolute Gasteiger partial charge is 0.429 e. The first-order chi connectivity index (χ1) is 21.4. The number of nitrogens with zero attached hydrogens (tertiary/aromatic N) is 5. The van der Waals surface area contributed by atoms with Gasteiger partial charge in [-0.25, -0.2) is 4.68 Å². The SMILES string of the molecule is Cc1ccc(-c2ccc([C@@H](Oc3cc(N4CCC5(CC4)CNC(C(=O)O)C5)nc(N)n3)C(F)(F)F)c(-n3ccc(C)n3)c2)cc1. The molecule has 10 nitrogen and oxygen atoms in total. The lowest BCUT2D eigenvalue weighted by Crippen LogP contribution is -2.41. The number of aryl methyl sites for hydroxylation is 2. The Kier molecular flexibility index (Phi) is 7.89. The molecule has 4 aromatic rings. The lowest BCUT2D eigenvalue weighted by atomic mass is 9.76. The average molecular weight is 622 g/mol. The Morgan fingerprint density at radius 3 is 2.40 bits per heavy atom. The first-order valence-corrected chi connectivity index (χ1v) is 14.7. The van der Waals surface area contributed by atoms with E-state index in [0.717, 1.165) is 16.7 Å². The van der Waals surface area contributed by atoms with Crippen molar-refractivity contribution in [2.24, 2.45) is 5.41 Å². The monoisotopic (exact) mass is 621 g/mol. The van der Waals surface area contributed by atoms with Gasteiger partial charge in [-0.15, -0.1) is 0 Å². The second-order valence-corrected chi connectivity index (χ2v) is 12.0. The topological polar surface area (TPSA) is 131 Å². The van der Waals surface area contributed by atoms with E-state index in [9.17, 15) is 23.1 Å². The normalized spacial score (nSPS) is 18.7. The van der Waals surface area contributed by atoms with Crippen LogP contribution in [0, 0.1) is 19.3 Å². The quantitative estimate of drug-likeness (QED) is 0.253. The molecule has 1 unspecified atom stereocenters. The molecule has 2 aliphatic heterocycles. The summed E-state index contributed by atoms with van der Waals surface area (Å²) in [5.74, 6) is -1.03. The number of carbonyl (C=O) groups is 1. The molecule has 2 aromatic carbocycles. The van der Waals surface area contributed by atoms with E-state index in [0.29, 0.717) is 50.4 Å². The van der Waals surface area contributed by atoms with E-state index in [1.807, 2.05) is 36.1 Å². The van der Waals surface area contributed by atoms with E-state index in [4.69, 9.17) is 10.5 Å². The minimum Gasteiger partial charge on any atom is -0.480 e. The number of piperidine rings is 1. The molecule has 0 bridgehead atoms. The zero-order chi connectivity index (χ0) is 31.9. The third-order valence-electron chi connectivity index (χ3n) is 8.72. The molecule has 4 heterocycles. The molecule has 2 atom stereocenters. The van der Waals surface area contributed by atoms with Gasteiger partial charge in [0.05, 0.1) is 11.4 Å². The van der Waals surface area contributed by atoms with Gasteiger partial charge in [-0.2, -0.15) is 28.2 Å². The summed E-state index contributed by atoms with van der Waals surface area (Å²) in [4.78, 5) is 21.7. The van der Waals surface area contributed by atoms with E-state index >= 15 is 0 Å². The van der Waals surface area contributed by atoms with Crippen LogP contribution < -0.4 is 20.7 Å². The summed E-state index contributed by atoms with van der Waals surface area (Å²) in [6, 6.07) is 15.0. The lowest BCUT2D eigenvalue weighted by Gasteiger charge is -2.39. The Morgan fingerprint density at radius 2 is 1.78 bits per heavy atom. The van der Waals surface area contributed by atoms with Crippen molar-refractivity contribution in [3.63, 3.8) is 0 Å².